The lowest BCUT2D eigenvalue weighted by molar-refractivity contribution is 0.182. The molecule has 108 valence electrons. The monoisotopic (exact) mass is 296 g/mol. The molecule has 2 rings (SSSR count). The number of methoxy groups -OCH3 is 2. The molecule has 2 N–H and O–H groups in total. The van der Waals surface area contributed by atoms with Gasteiger partial charge in [0.25, 0.3) is 0 Å². The van der Waals surface area contributed by atoms with E-state index in [9.17, 15) is 0 Å². The summed E-state index contributed by atoms with van der Waals surface area (Å²) in [6.45, 7) is 1.11. The predicted octanol–water partition coefficient (Wildman–Crippen LogP) is 1.63. The van der Waals surface area contributed by atoms with Crippen LogP contribution in [0.1, 0.15) is 17.3 Å². The maximum atomic E-state index is 6.30. The molecule has 0 radical (unpaired) electrons. The van der Waals surface area contributed by atoms with Crippen LogP contribution in [0, 0.1) is 0 Å². The van der Waals surface area contributed by atoms with Crippen LogP contribution in [0.15, 0.2) is 24.5 Å². The highest BCUT2D eigenvalue weighted by Gasteiger charge is 2.21. The summed E-state index contributed by atoms with van der Waals surface area (Å²) in [5.74, 6) is 0.482. The van der Waals surface area contributed by atoms with Crippen molar-refractivity contribution in [1.82, 2.24) is 14.8 Å². The second kappa shape index (κ2) is 6.69. The summed E-state index contributed by atoms with van der Waals surface area (Å²) >= 11 is 6.20. The molecule has 2 aromatic heterocycles. The molecule has 1 unspecified atom stereocenters. The Hall–Kier alpha value is -1.63. The molecule has 0 spiro atoms. The third-order valence-corrected chi connectivity index (χ3v) is 3.26. The van der Waals surface area contributed by atoms with Gasteiger partial charge < -0.3 is 15.2 Å². The van der Waals surface area contributed by atoms with Gasteiger partial charge >= 0.3 is 0 Å². The fourth-order valence-electron chi connectivity index (χ4n) is 1.99. The Balaban J connectivity index is 2.37. The zero-order valence-electron chi connectivity index (χ0n) is 11.4. The van der Waals surface area contributed by atoms with Gasteiger partial charge in [-0.15, -0.1) is 0 Å². The van der Waals surface area contributed by atoms with Crippen molar-refractivity contribution < 1.29 is 9.47 Å². The van der Waals surface area contributed by atoms with Gasteiger partial charge in [0, 0.05) is 18.9 Å². The first-order valence-corrected chi connectivity index (χ1v) is 6.51. The predicted molar refractivity (Wildman–Crippen MR) is 75.9 cm³/mol. The van der Waals surface area contributed by atoms with E-state index in [1.165, 1.54) is 0 Å². The smallest absolute Gasteiger partial charge is 0.218 e. The molecular weight excluding hydrogens is 280 g/mol. The number of hydrogen-bond acceptors (Lipinski definition) is 5. The zero-order valence-corrected chi connectivity index (χ0v) is 12.2. The topological polar surface area (TPSA) is 75.2 Å². The average Bonchev–Trinajstić information content (AvgIpc) is 2.85. The lowest BCUT2D eigenvalue weighted by Crippen LogP contribution is -2.20. The molecule has 0 aliphatic carbocycles. The number of hydrogen-bond donors (Lipinski definition) is 1. The van der Waals surface area contributed by atoms with E-state index in [0.29, 0.717) is 24.1 Å². The summed E-state index contributed by atoms with van der Waals surface area (Å²) in [5.41, 5.74) is 7.78. The number of pyridine rings is 1. The van der Waals surface area contributed by atoms with Crippen LogP contribution in [-0.2, 0) is 11.3 Å². The highest BCUT2D eigenvalue weighted by atomic mass is 35.5. The standard InChI is InChI=1S/C13H17ClN4O2/c1-19-7-6-18-12(10(14)8-17-18)11(15)9-4-3-5-16-13(9)20-2/h3-5,8,11H,6-7,15H2,1-2H3. The lowest BCUT2D eigenvalue weighted by atomic mass is 10.1. The van der Waals surface area contributed by atoms with Crippen molar-refractivity contribution in [3.05, 3.63) is 40.8 Å². The zero-order chi connectivity index (χ0) is 14.5. The molecule has 0 bridgehead atoms. The molecule has 0 aromatic carbocycles. The first-order valence-electron chi connectivity index (χ1n) is 6.13. The maximum Gasteiger partial charge on any atom is 0.218 e. The summed E-state index contributed by atoms with van der Waals surface area (Å²) < 4.78 is 12.0. The highest BCUT2D eigenvalue weighted by molar-refractivity contribution is 6.31. The Labute approximate surface area is 122 Å². The van der Waals surface area contributed by atoms with Crippen molar-refractivity contribution in [2.45, 2.75) is 12.6 Å². The van der Waals surface area contributed by atoms with Crippen LogP contribution in [0.3, 0.4) is 0 Å². The molecule has 2 aromatic rings. The van der Waals surface area contributed by atoms with Crippen LogP contribution in [0.25, 0.3) is 0 Å². The van der Waals surface area contributed by atoms with E-state index in [2.05, 4.69) is 10.1 Å². The van der Waals surface area contributed by atoms with E-state index < -0.39 is 6.04 Å². The molecule has 1 atom stereocenters. The maximum absolute atomic E-state index is 6.30. The van der Waals surface area contributed by atoms with Crippen LogP contribution in [0.2, 0.25) is 5.02 Å². The van der Waals surface area contributed by atoms with E-state index in [-0.39, 0.29) is 0 Å². The normalized spacial score (nSPS) is 12.4. The van der Waals surface area contributed by atoms with Gasteiger partial charge in [-0.1, -0.05) is 17.7 Å². The molecule has 7 heteroatoms. The number of nitrogens with two attached hydrogens (primary N) is 1. The molecule has 0 aliphatic heterocycles. The van der Waals surface area contributed by atoms with E-state index in [1.54, 1.807) is 31.3 Å². The van der Waals surface area contributed by atoms with Crippen molar-refractivity contribution in [3.63, 3.8) is 0 Å². The third kappa shape index (κ3) is 2.92. The lowest BCUT2D eigenvalue weighted by Gasteiger charge is -2.17. The Morgan fingerprint density at radius 3 is 2.95 bits per heavy atom. The molecule has 0 saturated carbocycles. The van der Waals surface area contributed by atoms with E-state index >= 15 is 0 Å². The van der Waals surface area contributed by atoms with Gasteiger partial charge in [-0.05, 0) is 6.07 Å². The van der Waals surface area contributed by atoms with Gasteiger partial charge in [0.15, 0.2) is 0 Å². The fourth-order valence-corrected chi connectivity index (χ4v) is 2.25. The summed E-state index contributed by atoms with van der Waals surface area (Å²) in [6.07, 6.45) is 3.23. The Morgan fingerprint density at radius 1 is 1.45 bits per heavy atom. The number of aromatic nitrogens is 3. The molecule has 6 nitrogen and oxygen atoms in total. The molecule has 0 fully saturated rings. The van der Waals surface area contributed by atoms with Crippen molar-refractivity contribution in [3.8, 4) is 5.88 Å². The molecule has 20 heavy (non-hydrogen) atoms. The summed E-state index contributed by atoms with van der Waals surface area (Å²) in [7, 11) is 3.19. The van der Waals surface area contributed by atoms with E-state index in [1.807, 2.05) is 12.1 Å². The number of nitrogens with zero attached hydrogens (tertiary/aromatic N) is 3. The van der Waals surface area contributed by atoms with Crippen molar-refractivity contribution in [1.29, 1.82) is 0 Å². The quantitative estimate of drug-likeness (QED) is 0.877. The third-order valence-electron chi connectivity index (χ3n) is 2.96. The average molecular weight is 297 g/mol. The van der Waals surface area contributed by atoms with Gasteiger partial charge in [-0.2, -0.15) is 5.10 Å². The first-order chi connectivity index (χ1) is 9.69. The number of rotatable bonds is 6. The van der Waals surface area contributed by atoms with Gasteiger partial charge in [-0.25, -0.2) is 4.98 Å². The Morgan fingerprint density at radius 2 is 2.25 bits per heavy atom. The van der Waals surface area contributed by atoms with Crippen LogP contribution < -0.4 is 10.5 Å². The first kappa shape index (κ1) is 14.8. The second-order valence-electron chi connectivity index (χ2n) is 4.17. The molecule has 0 saturated heterocycles. The van der Waals surface area contributed by atoms with Crippen LogP contribution in [0.4, 0.5) is 0 Å². The summed E-state index contributed by atoms with van der Waals surface area (Å²) in [6, 6.07) is 3.20. The minimum absolute atomic E-state index is 0.467. The fraction of sp³-hybridized carbons (Fsp3) is 0.385. The van der Waals surface area contributed by atoms with Crippen molar-refractivity contribution in [2.75, 3.05) is 20.8 Å². The van der Waals surface area contributed by atoms with Crippen molar-refractivity contribution in [2.24, 2.45) is 5.73 Å². The van der Waals surface area contributed by atoms with Gasteiger partial charge in [-0.3, -0.25) is 4.68 Å². The second-order valence-corrected chi connectivity index (χ2v) is 4.58. The van der Waals surface area contributed by atoms with Crippen LogP contribution >= 0.6 is 11.6 Å². The van der Waals surface area contributed by atoms with E-state index in [0.717, 1.165) is 11.3 Å². The van der Waals surface area contributed by atoms with Crippen molar-refractivity contribution >= 4 is 11.6 Å². The summed E-state index contributed by atoms with van der Waals surface area (Å²) in [5, 5.41) is 4.73. The van der Waals surface area contributed by atoms with E-state index in [4.69, 9.17) is 26.8 Å². The minimum atomic E-state index is -0.467. The van der Waals surface area contributed by atoms with Gasteiger partial charge in [0.05, 0.1) is 43.2 Å². The summed E-state index contributed by atoms with van der Waals surface area (Å²) in [4.78, 5) is 4.15. The largest absolute Gasteiger partial charge is 0.481 e. The van der Waals surface area contributed by atoms with Crippen LogP contribution in [-0.4, -0.2) is 35.6 Å². The molecule has 0 amide bonds. The molecule has 2 heterocycles. The molecule has 0 aliphatic rings. The Kier molecular flexibility index (Phi) is 4.94. The minimum Gasteiger partial charge on any atom is -0.481 e. The number of ether oxygens (including phenoxy) is 2. The van der Waals surface area contributed by atoms with Gasteiger partial charge in [0.1, 0.15) is 0 Å². The molecular formula is C13H17ClN4O2. The SMILES string of the molecule is COCCn1ncc(Cl)c1C(N)c1cccnc1OC. The number of halogens is 1. The highest BCUT2D eigenvalue weighted by Crippen LogP contribution is 2.30. The Bertz CT molecular complexity index is 573. The van der Waals surface area contributed by atoms with Crippen LogP contribution in [0.5, 0.6) is 5.88 Å². The van der Waals surface area contributed by atoms with Gasteiger partial charge in [0.2, 0.25) is 5.88 Å².